The molecule has 2 heterocycles. The first-order chi connectivity index (χ1) is 10.1. The number of benzene rings is 1. The molecule has 3 aromatic rings. The van der Waals surface area contributed by atoms with Gasteiger partial charge in [0.15, 0.2) is 5.82 Å². The number of hydrogen-bond donors (Lipinski definition) is 4. The number of carbonyl (C=O) groups excluding carboxylic acids is 1. The summed E-state index contributed by atoms with van der Waals surface area (Å²) in [5, 5.41) is 10.2. The first kappa shape index (κ1) is 12.9. The van der Waals surface area contributed by atoms with Crippen LogP contribution in [-0.4, -0.2) is 26.1 Å². The quantitative estimate of drug-likeness (QED) is 0.545. The highest BCUT2D eigenvalue weighted by Gasteiger charge is 2.10. The third-order valence-corrected chi connectivity index (χ3v) is 2.90. The van der Waals surface area contributed by atoms with E-state index in [4.69, 9.17) is 0 Å². The molecule has 4 N–H and O–H groups in total. The Bertz CT molecular complexity index is 893. The molecule has 8 heteroatoms. The molecule has 0 unspecified atom stereocenters. The normalized spacial score (nSPS) is 10.7. The molecule has 3 rings (SSSR count). The van der Waals surface area contributed by atoms with Gasteiger partial charge in [-0.1, -0.05) is 12.1 Å². The van der Waals surface area contributed by atoms with Gasteiger partial charge in [-0.25, -0.2) is 4.79 Å². The van der Waals surface area contributed by atoms with Gasteiger partial charge < -0.3 is 10.3 Å². The second-order valence-corrected chi connectivity index (χ2v) is 4.46. The second-order valence-electron chi connectivity index (χ2n) is 4.46. The summed E-state index contributed by atoms with van der Waals surface area (Å²) in [6.45, 7) is 0. The molecule has 1 aromatic carbocycles. The van der Waals surface area contributed by atoms with Crippen LogP contribution < -0.4 is 16.6 Å². The summed E-state index contributed by atoms with van der Waals surface area (Å²) < 4.78 is 0. The van der Waals surface area contributed by atoms with Crippen LogP contribution in [0.25, 0.3) is 10.9 Å². The van der Waals surface area contributed by atoms with Crippen LogP contribution >= 0.6 is 0 Å². The number of aromatic amines is 3. The van der Waals surface area contributed by atoms with Crippen LogP contribution in [0.1, 0.15) is 5.69 Å². The van der Waals surface area contributed by atoms with Gasteiger partial charge in [0.25, 0.3) is 5.56 Å². The third-order valence-electron chi connectivity index (χ3n) is 2.90. The van der Waals surface area contributed by atoms with E-state index in [1.165, 1.54) is 6.07 Å². The summed E-state index contributed by atoms with van der Waals surface area (Å²) in [5.41, 5.74) is -0.152. The van der Waals surface area contributed by atoms with Crippen molar-refractivity contribution in [3.63, 3.8) is 0 Å². The molecule has 0 aliphatic heterocycles. The van der Waals surface area contributed by atoms with Crippen molar-refractivity contribution in [2.75, 3.05) is 5.32 Å². The number of anilines is 1. The number of nitrogens with one attached hydrogen (secondary N) is 4. The minimum atomic E-state index is -0.643. The molecule has 21 heavy (non-hydrogen) atoms. The molecule has 8 nitrogen and oxygen atoms in total. The lowest BCUT2D eigenvalue weighted by Gasteiger charge is -2.02. The van der Waals surface area contributed by atoms with E-state index in [9.17, 15) is 14.4 Å². The number of para-hydroxylation sites is 1. The van der Waals surface area contributed by atoms with Crippen molar-refractivity contribution >= 4 is 22.6 Å². The first-order valence-corrected chi connectivity index (χ1v) is 6.17. The summed E-state index contributed by atoms with van der Waals surface area (Å²) >= 11 is 0. The zero-order valence-corrected chi connectivity index (χ0v) is 10.8. The van der Waals surface area contributed by atoms with Crippen LogP contribution in [0.5, 0.6) is 0 Å². The van der Waals surface area contributed by atoms with E-state index in [1.807, 2.05) is 29.2 Å². The van der Waals surface area contributed by atoms with Crippen LogP contribution in [0.15, 0.2) is 39.9 Å². The van der Waals surface area contributed by atoms with Gasteiger partial charge in [0, 0.05) is 17.1 Å². The largest absolute Gasteiger partial charge is 0.325 e. The van der Waals surface area contributed by atoms with Crippen LogP contribution in [0.3, 0.4) is 0 Å². The minimum Gasteiger partial charge on any atom is -0.311 e. The molecule has 0 saturated carbocycles. The predicted molar refractivity (Wildman–Crippen MR) is 76.1 cm³/mol. The number of rotatable bonds is 3. The number of aromatic nitrogens is 4. The van der Waals surface area contributed by atoms with E-state index in [-0.39, 0.29) is 18.0 Å². The molecule has 0 fully saturated rings. The third kappa shape index (κ3) is 2.73. The Morgan fingerprint density at radius 3 is 2.81 bits per heavy atom. The van der Waals surface area contributed by atoms with Gasteiger partial charge in [-0.2, -0.15) is 5.10 Å². The Balaban J connectivity index is 1.80. The highest BCUT2D eigenvalue weighted by Crippen LogP contribution is 2.19. The van der Waals surface area contributed by atoms with Crippen LogP contribution in [-0.2, 0) is 11.2 Å². The molecule has 2 aromatic heterocycles. The van der Waals surface area contributed by atoms with Gasteiger partial charge in [0.05, 0.1) is 11.9 Å². The molecule has 106 valence electrons. The van der Waals surface area contributed by atoms with Gasteiger partial charge in [-0.05, 0) is 12.1 Å². The van der Waals surface area contributed by atoms with Crippen molar-refractivity contribution in [3.8, 4) is 0 Å². The van der Waals surface area contributed by atoms with Crippen molar-refractivity contribution in [1.29, 1.82) is 0 Å². The summed E-state index contributed by atoms with van der Waals surface area (Å²) in [6, 6.07) is 8.52. The van der Waals surface area contributed by atoms with Crippen LogP contribution in [0.2, 0.25) is 0 Å². The van der Waals surface area contributed by atoms with Crippen LogP contribution in [0.4, 0.5) is 5.82 Å². The Morgan fingerprint density at radius 1 is 1.19 bits per heavy atom. The number of hydrogen-bond acceptors (Lipinski definition) is 4. The molecule has 0 spiro atoms. The topological polar surface area (TPSA) is 124 Å². The fourth-order valence-electron chi connectivity index (χ4n) is 2.02. The molecule has 0 atom stereocenters. The van der Waals surface area contributed by atoms with Gasteiger partial charge in [0.2, 0.25) is 5.91 Å². The Kier molecular flexibility index (Phi) is 3.11. The fraction of sp³-hybridized carbons (Fsp3) is 0.0769. The number of fused-ring (bicyclic) bond motifs is 1. The highest BCUT2D eigenvalue weighted by atomic mass is 16.2. The van der Waals surface area contributed by atoms with Crippen molar-refractivity contribution in [2.24, 2.45) is 0 Å². The van der Waals surface area contributed by atoms with E-state index < -0.39 is 11.2 Å². The second kappa shape index (κ2) is 5.08. The Morgan fingerprint density at radius 2 is 2.00 bits per heavy atom. The van der Waals surface area contributed by atoms with Crippen molar-refractivity contribution < 1.29 is 4.79 Å². The van der Waals surface area contributed by atoms with Crippen molar-refractivity contribution in [2.45, 2.75) is 6.42 Å². The standard InChI is InChI=1S/C13H11N5O3/c19-10(5-7-6-11(20)16-13(21)14-7)15-12-8-3-1-2-4-9(8)17-18-12/h1-4,6H,5H2,(H2,14,16,20,21)(H2,15,17,18,19). The number of amides is 1. The Hall–Kier alpha value is -3.16. The molecule has 0 radical (unpaired) electrons. The molecule has 1 amide bonds. The number of H-pyrrole nitrogens is 3. The average molecular weight is 285 g/mol. The monoisotopic (exact) mass is 285 g/mol. The van der Waals surface area contributed by atoms with E-state index >= 15 is 0 Å². The number of nitrogens with zero attached hydrogens (tertiary/aromatic N) is 1. The lowest BCUT2D eigenvalue weighted by Crippen LogP contribution is -2.25. The molecular formula is C13H11N5O3. The molecular weight excluding hydrogens is 274 g/mol. The lowest BCUT2D eigenvalue weighted by molar-refractivity contribution is -0.115. The fourth-order valence-corrected chi connectivity index (χ4v) is 2.02. The first-order valence-electron chi connectivity index (χ1n) is 6.17. The SMILES string of the molecule is O=C(Cc1cc(=O)[nH]c(=O)[nH]1)Nc1n[nH]c2ccccc12. The predicted octanol–water partition coefficient (Wildman–Crippen LogP) is 0.121. The van der Waals surface area contributed by atoms with Gasteiger partial charge >= 0.3 is 5.69 Å². The van der Waals surface area contributed by atoms with Gasteiger partial charge in [-0.3, -0.25) is 19.7 Å². The van der Waals surface area contributed by atoms with Gasteiger partial charge in [-0.15, -0.1) is 0 Å². The molecule has 0 aliphatic carbocycles. The zero-order valence-electron chi connectivity index (χ0n) is 10.8. The van der Waals surface area contributed by atoms with Crippen molar-refractivity contribution in [1.82, 2.24) is 20.2 Å². The average Bonchev–Trinajstić information content (AvgIpc) is 2.81. The van der Waals surface area contributed by atoms with Gasteiger partial charge in [0.1, 0.15) is 0 Å². The summed E-state index contributed by atoms with van der Waals surface area (Å²) in [6.07, 6.45) is -0.125. The number of carbonyl (C=O) groups is 1. The molecule has 0 bridgehead atoms. The lowest BCUT2D eigenvalue weighted by atomic mass is 10.2. The summed E-state index contributed by atoms with van der Waals surface area (Å²) in [7, 11) is 0. The van der Waals surface area contributed by atoms with E-state index in [0.29, 0.717) is 5.82 Å². The smallest absolute Gasteiger partial charge is 0.311 e. The molecule has 0 aliphatic rings. The maximum absolute atomic E-state index is 11.9. The van der Waals surface area contributed by atoms with Crippen molar-refractivity contribution in [3.05, 3.63) is 56.9 Å². The van der Waals surface area contributed by atoms with E-state index in [0.717, 1.165) is 10.9 Å². The maximum atomic E-state index is 11.9. The minimum absolute atomic E-state index is 0.125. The van der Waals surface area contributed by atoms with Crippen LogP contribution in [0, 0.1) is 0 Å². The maximum Gasteiger partial charge on any atom is 0.325 e. The Labute approximate surface area is 117 Å². The van der Waals surface area contributed by atoms with E-state index in [2.05, 4.69) is 20.5 Å². The highest BCUT2D eigenvalue weighted by molar-refractivity contribution is 6.00. The molecule has 0 saturated heterocycles. The summed E-state index contributed by atoms with van der Waals surface area (Å²) in [4.78, 5) is 38.7. The summed E-state index contributed by atoms with van der Waals surface area (Å²) in [5.74, 6) is 0.0243. The van der Waals surface area contributed by atoms with E-state index in [1.54, 1.807) is 0 Å². The zero-order chi connectivity index (χ0) is 14.8.